The van der Waals surface area contributed by atoms with Crippen LogP contribution >= 0.6 is 0 Å². The van der Waals surface area contributed by atoms with Crippen LogP contribution in [0.25, 0.3) is 22.5 Å². The van der Waals surface area contributed by atoms with Crippen molar-refractivity contribution in [1.82, 2.24) is 9.97 Å². The molecule has 0 aliphatic heterocycles. The number of nitrogens with zero attached hydrogens (tertiary/aromatic N) is 1. The second-order valence-electron chi connectivity index (χ2n) is 4.50. The summed E-state index contributed by atoms with van der Waals surface area (Å²) in [5.41, 5.74) is 5.83. The Morgan fingerprint density at radius 1 is 0.947 bits per heavy atom. The number of benzene rings is 2. The molecule has 0 unspecified atom stereocenters. The van der Waals surface area contributed by atoms with Gasteiger partial charge in [-0.15, -0.1) is 0 Å². The molecule has 19 heavy (non-hydrogen) atoms. The molecular formula is C17H16N2. The average molecular weight is 248 g/mol. The molecule has 1 N–H and O–H groups in total. The Labute approximate surface area is 113 Å². The lowest BCUT2D eigenvalue weighted by Crippen LogP contribution is -1.89. The minimum absolute atomic E-state index is 1.02. The Morgan fingerprint density at radius 3 is 2.47 bits per heavy atom. The lowest BCUT2D eigenvalue weighted by Gasteiger charge is -2.08. The third kappa shape index (κ3) is 2.17. The van der Waals surface area contributed by atoms with Gasteiger partial charge < -0.3 is 4.98 Å². The van der Waals surface area contributed by atoms with Crippen molar-refractivity contribution in [2.75, 3.05) is 0 Å². The zero-order valence-corrected chi connectivity index (χ0v) is 10.9. The van der Waals surface area contributed by atoms with Crippen LogP contribution in [0.1, 0.15) is 12.5 Å². The Balaban J connectivity index is 2.15. The van der Waals surface area contributed by atoms with Gasteiger partial charge in [0.15, 0.2) is 0 Å². The summed E-state index contributed by atoms with van der Waals surface area (Å²) < 4.78 is 0. The van der Waals surface area contributed by atoms with Crippen molar-refractivity contribution in [3.05, 3.63) is 66.5 Å². The van der Waals surface area contributed by atoms with Gasteiger partial charge in [0.05, 0.1) is 17.7 Å². The summed E-state index contributed by atoms with van der Waals surface area (Å²) in [5.74, 6) is 0. The van der Waals surface area contributed by atoms with Gasteiger partial charge in [-0.3, -0.25) is 0 Å². The smallest absolute Gasteiger partial charge is 0.0961 e. The molecule has 3 aromatic rings. The molecule has 0 bridgehead atoms. The number of hydrogen-bond donors (Lipinski definition) is 1. The van der Waals surface area contributed by atoms with Crippen molar-refractivity contribution in [2.24, 2.45) is 0 Å². The Hall–Kier alpha value is -2.35. The molecule has 0 aliphatic carbocycles. The highest BCUT2D eigenvalue weighted by Gasteiger charge is 2.12. The summed E-state index contributed by atoms with van der Waals surface area (Å²) in [6, 6.07) is 18.8. The Bertz CT molecular complexity index is 668. The number of imidazole rings is 1. The van der Waals surface area contributed by atoms with Crippen LogP contribution in [0.5, 0.6) is 0 Å². The van der Waals surface area contributed by atoms with Gasteiger partial charge in [-0.25, -0.2) is 4.98 Å². The van der Waals surface area contributed by atoms with E-state index in [2.05, 4.69) is 53.3 Å². The molecule has 0 atom stereocenters. The first-order valence-electron chi connectivity index (χ1n) is 6.57. The zero-order chi connectivity index (χ0) is 13.1. The first kappa shape index (κ1) is 11.7. The maximum absolute atomic E-state index is 4.48. The van der Waals surface area contributed by atoms with E-state index in [4.69, 9.17) is 0 Å². The van der Waals surface area contributed by atoms with Crippen LogP contribution in [0.15, 0.2) is 60.9 Å². The fourth-order valence-electron chi connectivity index (χ4n) is 2.39. The van der Waals surface area contributed by atoms with E-state index < -0.39 is 0 Å². The van der Waals surface area contributed by atoms with Gasteiger partial charge in [0.1, 0.15) is 0 Å². The van der Waals surface area contributed by atoms with E-state index in [1.54, 1.807) is 6.33 Å². The van der Waals surface area contributed by atoms with Crippen LogP contribution in [0.2, 0.25) is 0 Å². The summed E-state index contributed by atoms with van der Waals surface area (Å²) in [6.07, 6.45) is 2.79. The van der Waals surface area contributed by atoms with Crippen molar-refractivity contribution < 1.29 is 0 Å². The van der Waals surface area contributed by atoms with Crippen LogP contribution in [0.3, 0.4) is 0 Å². The monoisotopic (exact) mass is 248 g/mol. The van der Waals surface area contributed by atoms with Gasteiger partial charge in [0, 0.05) is 11.1 Å². The second kappa shape index (κ2) is 5.11. The standard InChI is InChI=1S/C17H16N2/c1-2-13-8-6-7-11-15(13)17-16(18-12-19-17)14-9-4-3-5-10-14/h3-12H,2H2,1H3,(H,18,19). The maximum atomic E-state index is 4.48. The van der Waals surface area contributed by atoms with Gasteiger partial charge in [0.2, 0.25) is 0 Å². The fraction of sp³-hybridized carbons (Fsp3) is 0.118. The maximum Gasteiger partial charge on any atom is 0.0961 e. The summed E-state index contributed by atoms with van der Waals surface area (Å²) in [4.78, 5) is 7.77. The zero-order valence-electron chi connectivity index (χ0n) is 10.9. The SMILES string of the molecule is CCc1ccccc1-c1[nH]cnc1-c1ccccc1. The second-order valence-corrected chi connectivity index (χ2v) is 4.50. The summed E-state index contributed by atoms with van der Waals surface area (Å²) in [6.45, 7) is 2.18. The van der Waals surface area contributed by atoms with Crippen LogP contribution in [0, 0.1) is 0 Å². The first-order valence-corrected chi connectivity index (χ1v) is 6.57. The van der Waals surface area contributed by atoms with Gasteiger partial charge in [-0.1, -0.05) is 61.5 Å². The number of aromatic amines is 1. The molecule has 0 saturated heterocycles. The van der Waals surface area contributed by atoms with Gasteiger partial charge in [-0.05, 0) is 12.0 Å². The Kier molecular flexibility index (Phi) is 3.15. The molecule has 1 aromatic heterocycles. The van der Waals surface area contributed by atoms with Crippen LogP contribution in [-0.2, 0) is 6.42 Å². The normalized spacial score (nSPS) is 10.6. The number of nitrogens with one attached hydrogen (secondary N) is 1. The average Bonchev–Trinajstić information content (AvgIpc) is 2.97. The van der Waals surface area contributed by atoms with Crippen molar-refractivity contribution in [3.63, 3.8) is 0 Å². The van der Waals surface area contributed by atoms with Crippen molar-refractivity contribution >= 4 is 0 Å². The summed E-state index contributed by atoms with van der Waals surface area (Å²) in [5, 5.41) is 0. The highest BCUT2D eigenvalue weighted by atomic mass is 14.9. The van der Waals surface area contributed by atoms with Crippen LogP contribution < -0.4 is 0 Å². The molecule has 0 saturated carbocycles. The van der Waals surface area contributed by atoms with Crippen LogP contribution in [-0.4, -0.2) is 9.97 Å². The van der Waals surface area contributed by atoms with Gasteiger partial charge in [0.25, 0.3) is 0 Å². The van der Waals surface area contributed by atoms with E-state index in [1.165, 1.54) is 11.1 Å². The van der Waals surface area contributed by atoms with E-state index in [0.29, 0.717) is 0 Å². The van der Waals surface area contributed by atoms with E-state index in [9.17, 15) is 0 Å². The third-order valence-corrected chi connectivity index (χ3v) is 3.35. The Morgan fingerprint density at radius 2 is 1.68 bits per heavy atom. The van der Waals surface area contributed by atoms with Gasteiger partial charge in [-0.2, -0.15) is 0 Å². The minimum Gasteiger partial charge on any atom is -0.344 e. The molecule has 0 amide bonds. The largest absolute Gasteiger partial charge is 0.344 e. The number of hydrogen-bond acceptors (Lipinski definition) is 1. The van der Waals surface area contributed by atoms with E-state index in [-0.39, 0.29) is 0 Å². The van der Waals surface area contributed by atoms with E-state index in [0.717, 1.165) is 23.4 Å². The van der Waals surface area contributed by atoms with E-state index >= 15 is 0 Å². The van der Waals surface area contributed by atoms with Crippen LogP contribution in [0.4, 0.5) is 0 Å². The highest BCUT2D eigenvalue weighted by molar-refractivity contribution is 5.79. The molecule has 3 rings (SSSR count). The molecule has 1 heterocycles. The lowest BCUT2D eigenvalue weighted by molar-refractivity contribution is 1.14. The van der Waals surface area contributed by atoms with Gasteiger partial charge >= 0.3 is 0 Å². The molecule has 2 nitrogen and oxygen atoms in total. The quantitative estimate of drug-likeness (QED) is 0.735. The summed E-state index contributed by atoms with van der Waals surface area (Å²) >= 11 is 0. The van der Waals surface area contributed by atoms with E-state index in [1.807, 2.05) is 18.2 Å². The molecule has 94 valence electrons. The molecule has 0 spiro atoms. The third-order valence-electron chi connectivity index (χ3n) is 3.35. The van der Waals surface area contributed by atoms with Crippen molar-refractivity contribution in [3.8, 4) is 22.5 Å². The molecule has 0 aliphatic rings. The minimum atomic E-state index is 1.02. The molecule has 0 radical (unpaired) electrons. The molecule has 0 fully saturated rings. The topological polar surface area (TPSA) is 28.7 Å². The first-order chi connectivity index (χ1) is 9.40. The summed E-state index contributed by atoms with van der Waals surface area (Å²) in [7, 11) is 0. The lowest BCUT2D eigenvalue weighted by atomic mass is 9.99. The molecule has 2 heteroatoms. The predicted octanol–water partition coefficient (Wildman–Crippen LogP) is 4.31. The van der Waals surface area contributed by atoms with Crippen molar-refractivity contribution in [2.45, 2.75) is 13.3 Å². The number of H-pyrrole nitrogens is 1. The predicted molar refractivity (Wildman–Crippen MR) is 78.8 cm³/mol. The number of rotatable bonds is 3. The number of aromatic nitrogens is 2. The van der Waals surface area contributed by atoms with Crippen molar-refractivity contribution in [1.29, 1.82) is 0 Å². The molecule has 2 aromatic carbocycles. The molecular weight excluding hydrogens is 232 g/mol. The highest BCUT2D eigenvalue weighted by Crippen LogP contribution is 2.31. The number of aryl methyl sites for hydroxylation is 1. The fourth-order valence-corrected chi connectivity index (χ4v) is 2.39.